The van der Waals surface area contributed by atoms with Gasteiger partial charge in [0, 0.05) is 12.3 Å². The molecule has 198 valence electrons. The second-order valence-electron chi connectivity index (χ2n) is 15.0. The Balaban J connectivity index is 1.37. The molecule has 35 heavy (non-hydrogen) atoms. The lowest BCUT2D eigenvalue weighted by molar-refractivity contribution is -0.181. The lowest BCUT2D eigenvalue weighted by Gasteiger charge is -2.63. The molecule has 5 aliphatic rings. The van der Waals surface area contributed by atoms with Crippen LogP contribution in [-0.4, -0.2) is 23.3 Å². The Kier molecular flexibility index (Phi) is 5.96. The molecule has 10 atom stereocenters. The first-order valence-corrected chi connectivity index (χ1v) is 14.8. The minimum Gasteiger partial charge on any atom is -0.462 e. The molecular weight excluding hydrogens is 432 g/mol. The summed E-state index contributed by atoms with van der Waals surface area (Å²) in [5, 5.41) is 10.4. The Labute approximate surface area is 214 Å². The monoisotopic (exact) mass is 484 g/mol. The van der Waals surface area contributed by atoms with E-state index < -0.39 is 0 Å². The molecular formula is C32H52O3. The Morgan fingerprint density at radius 1 is 0.914 bits per heavy atom. The van der Waals surface area contributed by atoms with Crippen LogP contribution >= 0.6 is 0 Å². The fraction of sp³-hybridized carbons (Fsp3) is 0.906. The number of carbonyl (C=O) groups is 1. The van der Waals surface area contributed by atoms with E-state index in [1.54, 1.807) is 6.92 Å². The van der Waals surface area contributed by atoms with Crippen LogP contribution in [0.1, 0.15) is 119 Å². The van der Waals surface area contributed by atoms with E-state index >= 15 is 0 Å². The van der Waals surface area contributed by atoms with Gasteiger partial charge in [-0.05, 0) is 123 Å². The molecule has 0 saturated heterocycles. The Morgan fingerprint density at radius 3 is 2.23 bits per heavy atom. The molecule has 10 unspecified atom stereocenters. The van der Waals surface area contributed by atoms with E-state index in [0.717, 1.165) is 36.7 Å². The van der Waals surface area contributed by atoms with Crippen molar-refractivity contribution in [1.82, 2.24) is 0 Å². The van der Waals surface area contributed by atoms with Gasteiger partial charge in [-0.3, -0.25) is 4.79 Å². The van der Waals surface area contributed by atoms with Gasteiger partial charge in [-0.2, -0.15) is 0 Å². The summed E-state index contributed by atoms with van der Waals surface area (Å²) in [6, 6.07) is 0. The molecule has 0 aromatic rings. The molecule has 5 saturated carbocycles. The molecule has 0 aromatic carbocycles. The van der Waals surface area contributed by atoms with Crippen LogP contribution in [0.5, 0.6) is 0 Å². The highest BCUT2D eigenvalue weighted by atomic mass is 16.5. The summed E-state index contributed by atoms with van der Waals surface area (Å²) in [6.45, 7) is 20.1. The topological polar surface area (TPSA) is 46.5 Å². The van der Waals surface area contributed by atoms with Crippen molar-refractivity contribution in [2.75, 3.05) is 0 Å². The van der Waals surface area contributed by atoms with Crippen molar-refractivity contribution in [3.8, 4) is 0 Å². The average molecular weight is 485 g/mol. The predicted molar refractivity (Wildman–Crippen MR) is 142 cm³/mol. The molecule has 0 aliphatic heterocycles. The molecule has 5 fully saturated rings. The van der Waals surface area contributed by atoms with Crippen LogP contribution in [0, 0.1) is 50.7 Å². The van der Waals surface area contributed by atoms with E-state index in [0.29, 0.717) is 33.5 Å². The number of rotatable bonds is 6. The van der Waals surface area contributed by atoms with Gasteiger partial charge in [-0.15, -0.1) is 0 Å². The van der Waals surface area contributed by atoms with Gasteiger partial charge in [-0.1, -0.05) is 46.8 Å². The summed E-state index contributed by atoms with van der Waals surface area (Å²) in [4.78, 5) is 11.8. The summed E-state index contributed by atoms with van der Waals surface area (Å²) in [7, 11) is 0. The first kappa shape index (κ1) is 25.8. The van der Waals surface area contributed by atoms with Crippen molar-refractivity contribution < 1.29 is 14.6 Å². The van der Waals surface area contributed by atoms with Crippen LogP contribution < -0.4 is 0 Å². The highest BCUT2D eigenvalue weighted by Crippen LogP contribution is 2.89. The molecule has 0 aromatic heterocycles. The number of hydrogen-bond acceptors (Lipinski definition) is 3. The summed E-state index contributed by atoms with van der Waals surface area (Å²) in [6.07, 6.45) is 13.7. The highest BCUT2D eigenvalue weighted by molar-refractivity contribution is 5.66. The number of fused-ring (bicyclic) bond motifs is 2. The summed E-state index contributed by atoms with van der Waals surface area (Å²) in [5.41, 5.74) is 2.87. The smallest absolute Gasteiger partial charge is 0.302 e. The quantitative estimate of drug-likeness (QED) is 0.310. The van der Waals surface area contributed by atoms with Crippen molar-refractivity contribution in [1.29, 1.82) is 0 Å². The molecule has 3 nitrogen and oxygen atoms in total. The SMILES string of the molecule is C=C(C)C(O)CCC(C)C1CCC2(C)C3CCC4C(C)(C)C(OC(C)=O)CCC45CC35CCC12C. The minimum atomic E-state index is -0.347. The lowest BCUT2D eigenvalue weighted by Crippen LogP contribution is -2.58. The zero-order chi connectivity index (χ0) is 25.6. The van der Waals surface area contributed by atoms with Crippen LogP contribution in [0.15, 0.2) is 12.2 Å². The highest BCUT2D eigenvalue weighted by Gasteiger charge is 2.82. The van der Waals surface area contributed by atoms with Crippen molar-refractivity contribution >= 4 is 5.97 Å². The Bertz CT molecular complexity index is 891. The van der Waals surface area contributed by atoms with E-state index in [4.69, 9.17) is 4.74 Å². The fourth-order valence-electron chi connectivity index (χ4n) is 11.6. The maximum Gasteiger partial charge on any atom is 0.302 e. The van der Waals surface area contributed by atoms with Crippen LogP contribution in [0.2, 0.25) is 0 Å². The van der Waals surface area contributed by atoms with Crippen molar-refractivity contribution in [3.05, 3.63) is 12.2 Å². The van der Waals surface area contributed by atoms with Gasteiger partial charge < -0.3 is 9.84 Å². The van der Waals surface area contributed by atoms with Gasteiger partial charge in [0.2, 0.25) is 0 Å². The van der Waals surface area contributed by atoms with Crippen molar-refractivity contribution in [2.24, 2.45) is 50.7 Å². The first-order valence-electron chi connectivity index (χ1n) is 14.8. The van der Waals surface area contributed by atoms with Crippen LogP contribution in [-0.2, 0) is 9.53 Å². The molecule has 2 spiro atoms. The number of ether oxygens (including phenoxy) is 1. The van der Waals surface area contributed by atoms with Gasteiger partial charge in [0.05, 0.1) is 6.10 Å². The van der Waals surface area contributed by atoms with E-state index in [1.807, 2.05) is 6.92 Å². The van der Waals surface area contributed by atoms with E-state index in [2.05, 4.69) is 41.2 Å². The normalized spacial score (nSPS) is 49.0. The van der Waals surface area contributed by atoms with Crippen LogP contribution in [0.25, 0.3) is 0 Å². The molecule has 0 radical (unpaired) electrons. The van der Waals surface area contributed by atoms with Crippen molar-refractivity contribution in [3.63, 3.8) is 0 Å². The fourth-order valence-corrected chi connectivity index (χ4v) is 11.6. The third-order valence-corrected chi connectivity index (χ3v) is 13.6. The largest absolute Gasteiger partial charge is 0.462 e. The third kappa shape index (κ3) is 3.34. The molecule has 1 N–H and O–H groups in total. The number of aliphatic hydroxyl groups is 1. The zero-order valence-corrected chi connectivity index (χ0v) is 23.7. The third-order valence-electron chi connectivity index (χ3n) is 13.6. The number of hydrogen-bond donors (Lipinski definition) is 1. The lowest BCUT2D eigenvalue weighted by atomic mass is 9.41. The van der Waals surface area contributed by atoms with Gasteiger partial charge in [0.15, 0.2) is 0 Å². The van der Waals surface area contributed by atoms with Crippen LogP contribution in [0.4, 0.5) is 0 Å². The predicted octanol–water partition coefficient (Wildman–Crippen LogP) is 7.71. The maximum atomic E-state index is 11.8. The molecule has 5 rings (SSSR count). The minimum absolute atomic E-state index is 0.0802. The molecule has 5 aliphatic carbocycles. The molecule has 3 heteroatoms. The van der Waals surface area contributed by atoms with E-state index in [9.17, 15) is 9.90 Å². The van der Waals surface area contributed by atoms with E-state index in [1.165, 1.54) is 51.4 Å². The standard InChI is InChI=1S/C32H52O3/c1-20(2)24(34)10-9-21(3)23-13-15-30(8)26-12-11-25-28(5,6)27(35-22(4)33)14-16-31(25)19-32(26,31)18-17-29(23,30)7/h21,23-27,34H,1,9-19H2,2-8H3. The van der Waals surface area contributed by atoms with Gasteiger partial charge in [-0.25, -0.2) is 0 Å². The number of esters is 1. The first-order chi connectivity index (χ1) is 16.3. The van der Waals surface area contributed by atoms with E-state index in [-0.39, 0.29) is 23.6 Å². The Morgan fingerprint density at radius 2 is 1.57 bits per heavy atom. The second kappa shape index (κ2) is 8.08. The molecule has 0 amide bonds. The maximum absolute atomic E-state index is 11.8. The zero-order valence-electron chi connectivity index (χ0n) is 23.7. The van der Waals surface area contributed by atoms with Gasteiger partial charge in [0.25, 0.3) is 0 Å². The van der Waals surface area contributed by atoms with Gasteiger partial charge in [0.1, 0.15) is 6.10 Å². The molecule has 0 bridgehead atoms. The number of carbonyl (C=O) groups excluding carboxylic acids is 1. The van der Waals surface area contributed by atoms with Crippen molar-refractivity contribution in [2.45, 2.75) is 131 Å². The van der Waals surface area contributed by atoms with Gasteiger partial charge >= 0.3 is 5.97 Å². The summed E-state index contributed by atoms with van der Waals surface area (Å²) < 4.78 is 5.89. The summed E-state index contributed by atoms with van der Waals surface area (Å²) in [5.74, 6) is 2.86. The van der Waals surface area contributed by atoms with Crippen LogP contribution in [0.3, 0.4) is 0 Å². The molecule has 0 heterocycles. The average Bonchev–Trinajstić information content (AvgIpc) is 3.36. The number of aliphatic hydroxyl groups excluding tert-OH is 1. The Hall–Kier alpha value is -0.830. The summed E-state index contributed by atoms with van der Waals surface area (Å²) >= 11 is 0. The second-order valence-corrected chi connectivity index (χ2v) is 15.0.